The lowest BCUT2D eigenvalue weighted by Gasteiger charge is -2.08. The highest BCUT2D eigenvalue weighted by molar-refractivity contribution is 5.79. The van der Waals surface area contributed by atoms with E-state index in [2.05, 4.69) is 5.10 Å². The fourth-order valence-electron chi connectivity index (χ4n) is 1.94. The molecule has 0 bridgehead atoms. The van der Waals surface area contributed by atoms with Gasteiger partial charge in [-0.2, -0.15) is 5.10 Å². The highest BCUT2D eigenvalue weighted by atomic mass is 16.1. The number of rotatable bonds is 6. The summed E-state index contributed by atoms with van der Waals surface area (Å²) in [6.45, 7) is 0. The first-order valence-electron chi connectivity index (χ1n) is 5.90. The molecule has 0 spiro atoms. The predicted molar refractivity (Wildman–Crippen MR) is 61.9 cm³/mol. The van der Waals surface area contributed by atoms with E-state index in [-0.39, 0.29) is 11.8 Å². The van der Waals surface area contributed by atoms with Crippen LogP contribution in [-0.4, -0.2) is 21.6 Å². The third-order valence-electron chi connectivity index (χ3n) is 3.14. The molecule has 4 nitrogen and oxygen atoms in total. The van der Waals surface area contributed by atoms with Gasteiger partial charge < -0.3 is 5.73 Å². The summed E-state index contributed by atoms with van der Waals surface area (Å²) in [5, 5.41) is 4.07. The van der Waals surface area contributed by atoms with Crippen LogP contribution in [0, 0.1) is 5.92 Å². The molecule has 0 aromatic carbocycles. The van der Waals surface area contributed by atoms with E-state index in [1.165, 1.54) is 12.8 Å². The molecule has 4 heteroatoms. The smallest absolute Gasteiger partial charge is 0.134 e. The number of carbonyl (C=O) groups is 1. The molecule has 1 aliphatic rings. The number of carbonyl (C=O) groups excluding carboxylic acids is 1. The molecule has 1 aliphatic carbocycles. The number of nitrogens with zero attached hydrogens (tertiary/aromatic N) is 2. The molecule has 1 saturated carbocycles. The minimum Gasteiger partial charge on any atom is -0.327 e. The minimum atomic E-state index is 0.0985. The number of Topliss-reactive ketones (excluding diaryl/α,β-unsaturated/α-hetero) is 1. The summed E-state index contributed by atoms with van der Waals surface area (Å²) in [6, 6.07) is 0.0985. The summed E-state index contributed by atoms with van der Waals surface area (Å²) in [5.41, 5.74) is 7.04. The molecular weight excluding hydrogens is 202 g/mol. The Morgan fingerprint density at radius 1 is 1.69 bits per heavy atom. The van der Waals surface area contributed by atoms with Gasteiger partial charge in [-0.3, -0.25) is 9.48 Å². The topological polar surface area (TPSA) is 60.9 Å². The average molecular weight is 221 g/mol. The molecule has 0 radical (unpaired) electrons. The molecular formula is C12H19N3O. The highest BCUT2D eigenvalue weighted by Crippen LogP contribution is 2.32. The third kappa shape index (κ3) is 3.17. The summed E-state index contributed by atoms with van der Waals surface area (Å²) >= 11 is 0. The van der Waals surface area contributed by atoms with Gasteiger partial charge in [0.05, 0.1) is 6.20 Å². The van der Waals surface area contributed by atoms with Crippen molar-refractivity contribution in [3.63, 3.8) is 0 Å². The van der Waals surface area contributed by atoms with Gasteiger partial charge in [-0.15, -0.1) is 0 Å². The lowest BCUT2D eigenvalue weighted by atomic mass is 10.0. The molecule has 1 atom stereocenters. The molecule has 1 heterocycles. The maximum absolute atomic E-state index is 11.7. The van der Waals surface area contributed by atoms with Crippen molar-refractivity contribution in [2.45, 2.75) is 38.1 Å². The maximum Gasteiger partial charge on any atom is 0.134 e. The first-order valence-corrected chi connectivity index (χ1v) is 5.90. The second-order valence-electron chi connectivity index (χ2n) is 4.77. The Balaban J connectivity index is 1.70. The van der Waals surface area contributed by atoms with E-state index < -0.39 is 0 Å². The van der Waals surface area contributed by atoms with Crippen LogP contribution in [0.5, 0.6) is 0 Å². The first kappa shape index (κ1) is 11.3. The summed E-state index contributed by atoms with van der Waals surface area (Å²) in [6.07, 6.45) is 8.09. The van der Waals surface area contributed by atoms with Crippen LogP contribution < -0.4 is 5.73 Å². The van der Waals surface area contributed by atoms with Crippen molar-refractivity contribution in [2.75, 3.05) is 0 Å². The van der Waals surface area contributed by atoms with Crippen LogP contribution in [0.15, 0.2) is 12.4 Å². The van der Waals surface area contributed by atoms with Crippen molar-refractivity contribution in [3.8, 4) is 0 Å². The van der Waals surface area contributed by atoms with Gasteiger partial charge in [0.2, 0.25) is 0 Å². The summed E-state index contributed by atoms with van der Waals surface area (Å²) in [7, 11) is 1.88. The predicted octanol–water partition coefficient (Wildman–Crippen LogP) is 1.05. The number of hydrogen-bond acceptors (Lipinski definition) is 3. The first-order chi connectivity index (χ1) is 7.65. The van der Waals surface area contributed by atoms with E-state index in [1.54, 1.807) is 4.68 Å². The van der Waals surface area contributed by atoms with Crippen LogP contribution in [0.25, 0.3) is 0 Å². The molecule has 2 rings (SSSR count). The van der Waals surface area contributed by atoms with Gasteiger partial charge in [0, 0.05) is 32.1 Å². The lowest BCUT2D eigenvalue weighted by Crippen LogP contribution is -2.26. The van der Waals surface area contributed by atoms with Gasteiger partial charge in [-0.25, -0.2) is 0 Å². The van der Waals surface area contributed by atoms with Crippen molar-refractivity contribution in [1.29, 1.82) is 0 Å². The van der Waals surface area contributed by atoms with Gasteiger partial charge in [-0.05, 0) is 30.7 Å². The zero-order chi connectivity index (χ0) is 11.5. The fourth-order valence-corrected chi connectivity index (χ4v) is 1.94. The van der Waals surface area contributed by atoms with Crippen molar-refractivity contribution in [2.24, 2.45) is 18.7 Å². The maximum atomic E-state index is 11.7. The second kappa shape index (κ2) is 4.78. The number of ketones is 1. The van der Waals surface area contributed by atoms with Crippen LogP contribution in [0.4, 0.5) is 0 Å². The molecule has 1 aromatic rings. The molecule has 1 fully saturated rings. The Bertz CT molecular complexity index is 368. The zero-order valence-corrected chi connectivity index (χ0v) is 9.72. The van der Waals surface area contributed by atoms with Crippen LogP contribution >= 0.6 is 0 Å². The summed E-state index contributed by atoms with van der Waals surface area (Å²) in [5.74, 6) is 0.894. The molecule has 0 aliphatic heterocycles. The van der Waals surface area contributed by atoms with Gasteiger partial charge in [-0.1, -0.05) is 0 Å². The number of aryl methyl sites for hydroxylation is 2. The molecule has 2 N–H and O–H groups in total. The van der Waals surface area contributed by atoms with Crippen LogP contribution in [0.2, 0.25) is 0 Å². The van der Waals surface area contributed by atoms with E-state index in [4.69, 9.17) is 5.73 Å². The molecule has 16 heavy (non-hydrogen) atoms. The highest BCUT2D eigenvalue weighted by Gasteiger charge is 2.29. The zero-order valence-electron chi connectivity index (χ0n) is 9.72. The summed E-state index contributed by atoms with van der Waals surface area (Å²) < 4.78 is 1.76. The third-order valence-corrected chi connectivity index (χ3v) is 3.14. The molecule has 88 valence electrons. The second-order valence-corrected chi connectivity index (χ2v) is 4.77. The standard InChI is InChI=1S/C12H19N3O/c1-15-8-9(7-14-15)2-5-11(16)6-12(13)10-3-4-10/h7-8,10,12H,2-6,13H2,1H3. The van der Waals surface area contributed by atoms with Crippen molar-refractivity contribution in [3.05, 3.63) is 18.0 Å². The average Bonchev–Trinajstić information content (AvgIpc) is 3.00. The quantitative estimate of drug-likeness (QED) is 0.781. The van der Waals surface area contributed by atoms with Crippen molar-refractivity contribution < 1.29 is 4.79 Å². The SMILES string of the molecule is Cn1cc(CCC(=O)CC(N)C2CC2)cn1. The van der Waals surface area contributed by atoms with E-state index in [9.17, 15) is 4.79 Å². The monoisotopic (exact) mass is 221 g/mol. The van der Waals surface area contributed by atoms with E-state index in [0.717, 1.165) is 12.0 Å². The Hall–Kier alpha value is -1.16. The van der Waals surface area contributed by atoms with Crippen molar-refractivity contribution in [1.82, 2.24) is 9.78 Å². The molecule has 1 unspecified atom stereocenters. The van der Waals surface area contributed by atoms with Gasteiger partial charge >= 0.3 is 0 Å². The lowest BCUT2D eigenvalue weighted by molar-refractivity contribution is -0.119. The van der Waals surface area contributed by atoms with Crippen LogP contribution in [0.3, 0.4) is 0 Å². The van der Waals surface area contributed by atoms with Crippen molar-refractivity contribution >= 4 is 5.78 Å². The Morgan fingerprint density at radius 3 is 3.00 bits per heavy atom. The molecule has 0 amide bonds. The van der Waals surface area contributed by atoms with E-state index in [1.807, 2.05) is 19.4 Å². The van der Waals surface area contributed by atoms with Crippen LogP contribution in [-0.2, 0) is 18.3 Å². The normalized spacial score (nSPS) is 17.4. The Labute approximate surface area is 95.8 Å². The van der Waals surface area contributed by atoms with E-state index >= 15 is 0 Å². The number of nitrogens with two attached hydrogens (primary N) is 1. The van der Waals surface area contributed by atoms with Gasteiger partial charge in [0.15, 0.2) is 0 Å². The van der Waals surface area contributed by atoms with Crippen LogP contribution in [0.1, 0.15) is 31.2 Å². The number of aromatic nitrogens is 2. The largest absolute Gasteiger partial charge is 0.327 e. The van der Waals surface area contributed by atoms with E-state index in [0.29, 0.717) is 18.8 Å². The summed E-state index contributed by atoms with van der Waals surface area (Å²) in [4.78, 5) is 11.7. The minimum absolute atomic E-state index is 0.0985. The Kier molecular flexibility index (Phi) is 3.39. The number of hydrogen-bond donors (Lipinski definition) is 1. The Morgan fingerprint density at radius 2 is 2.44 bits per heavy atom. The fraction of sp³-hybridized carbons (Fsp3) is 0.667. The molecule has 0 saturated heterocycles. The van der Waals surface area contributed by atoms with Gasteiger partial charge in [0.25, 0.3) is 0 Å². The van der Waals surface area contributed by atoms with Gasteiger partial charge in [0.1, 0.15) is 5.78 Å². The molecule has 1 aromatic heterocycles.